The Kier molecular flexibility index (Phi) is 69.7. The highest BCUT2D eigenvalue weighted by molar-refractivity contribution is 5.76. The first-order chi connectivity index (χ1) is 44.8. The van der Waals surface area contributed by atoms with Crippen molar-refractivity contribution in [3.05, 3.63) is 0 Å². The third-order valence-electron chi connectivity index (χ3n) is 20.7. The molecule has 1 aliphatic rings. The molecule has 9 heteroatoms. The molecule has 0 aromatic rings. The smallest absolute Gasteiger partial charge is 0.220 e. The number of aliphatic hydroxyl groups is 5. The molecule has 7 unspecified atom stereocenters. The van der Waals surface area contributed by atoms with Crippen molar-refractivity contribution in [3.63, 3.8) is 0 Å². The highest BCUT2D eigenvalue weighted by Crippen LogP contribution is 2.25. The molecule has 0 aromatic heterocycles. The van der Waals surface area contributed by atoms with E-state index >= 15 is 0 Å². The van der Waals surface area contributed by atoms with Crippen LogP contribution in [-0.4, -0.2) is 87.5 Å². The number of carbonyl (C=O) groups is 1. The molecule has 544 valence electrons. The van der Waals surface area contributed by atoms with Gasteiger partial charge in [-0.05, 0) is 12.8 Å². The molecule has 7 atom stereocenters. The number of amides is 1. The predicted octanol–water partition coefficient (Wildman–Crippen LogP) is 24.0. The Morgan fingerprint density at radius 3 is 0.780 bits per heavy atom. The minimum atomic E-state index is -1.55. The zero-order chi connectivity index (χ0) is 65.7. The first kappa shape index (κ1) is 88.2. The molecule has 9 nitrogen and oxygen atoms in total. The molecule has 1 saturated heterocycles. The zero-order valence-electron chi connectivity index (χ0n) is 61.4. The average molecular weight is 1290 g/mol. The molecule has 0 aromatic carbocycles. The molecule has 0 aliphatic carbocycles. The predicted molar refractivity (Wildman–Crippen MR) is 392 cm³/mol. The van der Waals surface area contributed by atoms with Crippen LogP contribution < -0.4 is 5.32 Å². The van der Waals surface area contributed by atoms with Crippen LogP contribution in [0.15, 0.2) is 0 Å². The van der Waals surface area contributed by atoms with Crippen LogP contribution in [0.2, 0.25) is 0 Å². The number of nitrogens with one attached hydrogen (secondary N) is 1. The molecule has 1 amide bonds. The second kappa shape index (κ2) is 71.9. The number of hydrogen-bond acceptors (Lipinski definition) is 8. The molecule has 0 bridgehead atoms. The minimum Gasteiger partial charge on any atom is -0.394 e. The third-order valence-corrected chi connectivity index (χ3v) is 20.7. The van der Waals surface area contributed by atoms with E-state index in [2.05, 4.69) is 19.2 Å². The molecule has 1 aliphatic heterocycles. The Bertz CT molecular complexity index is 1400. The average Bonchev–Trinajstić information content (AvgIpc) is 1.46. The van der Waals surface area contributed by atoms with E-state index in [0.29, 0.717) is 12.8 Å². The molecular weight excluding hydrogens is 1130 g/mol. The van der Waals surface area contributed by atoms with Gasteiger partial charge in [-0.2, -0.15) is 0 Å². The van der Waals surface area contributed by atoms with E-state index in [4.69, 9.17) is 9.47 Å². The number of carbonyl (C=O) groups excluding carboxylic acids is 1. The summed E-state index contributed by atoms with van der Waals surface area (Å²) < 4.78 is 11.4. The van der Waals surface area contributed by atoms with Gasteiger partial charge >= 0.3 is 0 Å². The van der Waals surface area contributed by atoms with Crippen molar-refractivity contribution >= 4 is 5.91 Å². The van der Waals surface area contributed by atoms with Gasteiger partial charge in [-0.1, -0.05) is 444 Å². The lowest BCUT2D eigenvalue weighted by Crippen LogP contribution is -2.60. The maximum Gasteiger partial charge on any atom is 0.220 e. The summed E-state index contributed by atoms with van der Waals surface area (Å²) in [7, 11) is 0. The molecule has 0 saturated carbocycles. The van der Waals surface area contributed by atoms with E-state index in [0.717, 1.165) is 38.5 Å². The fourth-order valence-electron chi connectivity index (χ4n) is 14.2. The maximum atomic E-state index is 13.2. The van der Waals surface area contributed by atoms with Gasteiger partial charge in [0.05, 0.1) is 25.4 Å². The molecule has 0 radical (unpaired) electrons. The van der Waals surface area contributed by atoms with Gasteiger partial charge in [0.25, 0.3) is 0 Å². The highest BCUT2D eigenvalue weighted by atomic mass is 16.7. The molecule has 1 fully saturated rings. The van der Waals surface area contributed by atoms with Gasteiger partial charge < -0.3 is 40.3 Å². The zero-order valence-corrected chi connectivity index (χ0v) is 61.4. The topological polar surface area (TPSA) is 149 Å². The Balaban J connectivity index is 2.01. The SMILES string of the molecule is CCCCCCCCCCCCCCCCCCCCCCCCCCCCCCCCCCCCCCCCC(=O)NC(COC1OC(CO)C(O)C(O)C1O)C(O)CCCCCCCCCCCCCCCCCCCCCCCCCCCCCCCC. The highest BCUT2D eigenvalue weighted by Gasteiger charge is 2.44. The molecular formula is C82H163NO8. The summed E-state index contributed by atoms with van der Waals surface area (Å²) in [6, 6.07) is -0.716. The normalized spacial score (nSPS) is 17.5. The minimum absolute atomic E-state index is 0.130. The molecule has 0 spiro atoms. The standard InChI is InChI=1S/C82H163NO8/c1-3-5-7-9-11-13-15-17-19-21-23-25-27-29-31-33-35-36-37-38-39-40-41-42-44-46-48-50-52-54-56-58-60-62-64-66-68-70-72-78(86)83-75(74-90-82-81(89)80(88)79(87)77(73-84)91-82)76(85)71-69-67-65-63-61-59-57-55-53-51-49-47-45-43-34-32-30-28-26-24-22-20-18-16-14-12-10-8-6-4-2/h75-77,79-82,84-85,87-89H,3-74H2,1-2H3,(H,83,86). The van der Waals surface area contributed by atoms with E-state index in [1.54, 1.807) is 0 Å². The summed E-state index contributed by atoms with van der Waals surface area (Å²) in [6.07, 6.45) is 86.7. The largest absolute Gasteiger partial charge is 0.394 e. The van der Waals surface area contributed by atoms with Crippen LogP contribution in [0.3, 0.4) is 0 Å². The van der Waals surface area contributed by atoms with Crippen LogP contribution in [0.25, 0.3) is 0 Å². The number of aliphatic hydroxyl groups excluding tert-OH is 5. The number of hydrogen-bond donors (Lipinski definition) is 6. The number of ether oxygens (including phenoxy) is 2. The molecule has 6 N–H and O–H groups in total. The summed E-state index contributed by atoms with van der Waals surface area (Å²) in [5.41, 5.74) is 0. The summed E-state index contributed by atoms with van der Waals surface area (Å²) in [4.78, 5) is 13.2. The van der Waals surface area contributed by atoms with Gasteiger partial charge in [0.1, 0.15) is 24.4 Å². The van der Waals surface area contributed by atoms with Crippen LogP contribution in [0.4, 0.5) is 0 Å². The van der Waals surface area contributed by atoms with Crippen molar-refractivity contribution in [1.29, 1.82) is 0 Å². The Labute approximate surface area is 567 Å². The van der Waals surface area contributed by atoms with Gasteiger partial charge in [0.15, 0.2) is 6.29 Å². The monoisotopic (exact) mass is 1290 g/mol. The Morgan fingerprint density at radius 2 is 0.549 bits per heavy atom. The lowest BCUT2D eigenvalue weighted by molar-refractivity contribution is -0.302. The van der Waals surface area contributed by atoms with Gasteiger partial charge in [0.2, 0.25) is 5.91 Å². The van der Waals surface area contributed by atoms with Crippen molar-refractivity contribution in [1.82, 2.24) is 5.32 Å². The quantitative estimate of drug-likeness (QED) is 0.0330. The fraction of sp³-hybridized carbons (Fsp3) is 0.988. The van der Waals surface area contributed by atoms with Gasteiger partial charge in [-0.3, -0.25) is 4.79 Å². The first-order valence-electron chi connectivity index (χ1n) is 41.7. The summed E-state index contributed by atoms with van der Waals surface area (Å²) >= 11 is 0. The van der Waals surface area contributed by atoms with E-state index in [1.165, 1.54) is 398 Å². The van der Waals surface area contributed by atoms with Crippen LogP contribution >= 0.6 is 0 Å². The van der Waals surface area contributed by atoms with Crippen molar-refractivity contribution in [2.24, 2.45) is 0 Å². The van der Waals surface area contributed by atoms with E-state index in [-0.39, 0.29) is 12.5 Å². The number of rotatable bonds is 76. The van der Waals surface area contributed by atoms with Crippen molar-refractivity contribution in [3.8, 4) is 0 Å². The van der Waals surface area contributed by atoms with Crippen LogP contribution in [0.1, 0.15) is 463 Å². The molecule has 1 rings (SSSR count). The number of unbranched alkanes of at least 4 members (excludes halogenated alkanes) is 66. The Morgan fingerprint density at radius 1 is 0.330 bits per heavy atom. The maximum absolute atomic E-state index is 13.2. The summed E-state index contributed by atoms with van der Waals surface area (Å²) in [5.74, 6) is -0.131. The van der Waals surface area contributed by atoms with E-state index in [9.17, 15) is 30.3 Å². The summed E-state index contributed by atoms with van der Waals surface area (Å²) in [6.45, 7) is 3.92. The summed E-state index contributed by atoms with van der Waals surface area (Å²) in [5, 5.41) is 55.1. The third kappa shape index (κ3) is 60.1. The second-order valence-corrected chi connectivity index (χ2v) is 29.6. The van der Waals surface area contributed by atoms with Crippen molar-refractivity contribution in [2.45, 2.75) is 506 Å². The van der Waals surface area contributed by atoms with E-state index < -0.39 is 49.5 Å². The van der Waals surface area contributed by atoms with Gasteiger partial charge in [-0.15, -0.1) is 0 Å². The van der Waals surface area contributed by atoms with Crippen LogP contribution in [0.5, 0.6) is 0 Å². The van der Waals surface area contributed by atoms with Gasteiger partial charge in [-0.25, -0.2) is 0 Å². The molecule has 91 heavy (non-hydrogen) atoms. The van der Waals surface area contributed by atoms with Gasteiger partial charge in [0, 0.05) is 6.42 Å². The fourth-order valence-corrected chi connectivity index (χ4v) is 14.2. The van der Waals surface area contributed by atoms with Crippen molar-refractivity contribution < 1.29 is 39.8 Å². The van der Waals surface area contributed by atoms with Crippen LogP contribution in [0, 0.1) is 0 Å². The Hall–Kier alpha value is -0.810. The molecule has 1 heterocycles. The lowest BCUT2D eigenvalue weighted by atomic mass is 9.99. The van der Waals surface area contributed by atoms with Crippen LogP contribution in [-0.2, 0) is 14.3 Å². The lowest BCUT2D eigenvalue weighted by Gasteiger charge is -2.40. The second-order valence-electron chi connectivity index (χ2n) is 29.6. The van der Waals surface area contributed by atoms with Crippen molar-refractivity contribution in [2.75, 3.05) is 13.2 Å². The van der Waals surface area contributed by atoms with E-state index in [1.807, 2.05) is 0 Å². The first-order valence-corrected chi connectivity index (χ1v) is 41.7.